The van der Waals surface area contributed by atoms with Crippen molar-refractivity contribution in [3.05, 3.63) is 53.6 Å². The normalized spacial score (nSPS) is 14.9. The molecule has 28 heavy (non-hydrogen) atoms. The highest BCUT2D eigenvalue weighted by Gasteiger charge is 2.17. The fourth-order valence-electron chi connectivity index (χ4n) is 3.31. The molecule has 7 heteroatoms. The molecule has 3 rings (SSSR count). The summed E-state index contributed by atoms with van der Waals surface area (Å²) in [7, 11) is 0. The number of anilines is 2. The molecule has 0 spiro atoms. The number of hydrogen-bond donors (Lipinski definition) is 1. The second-order valence-corrected chi connectivity index (χ2v) is 7.88. The molecule has 0 aliphatic carbocycles. The van der Waals surface area contributed by atoms with Gasteiger partial charge in [0.25, 0.3) is 0 Å². The van der Waals surface area contributed by atoms with Gasteiger partial charge in [0.05, 0.1) is 5.75 Å². The van der Waals surface area contributed by atoms with E-state index in [1.807, 2.05) is 19.1 Å². The highest BCUT2D eigenvalue weighted by atomic mass is 32.2. The maximum atomic E-state index is 13.2. The smallest absolute Gasteiger partial charge is 0.234 e. The maximum Gasteiger partial charge on any atom is 0.234 e. The molecule has 0 unspecified atom stereocenters. The summed E-state index contributed by atoms with van der Waals surface area (Å²) in [5, 5.41) is 2.87. The molecular formula is C21H25F2N3OS. The third-order valence-electron chi connectivity index (χ3n) is 4.90. The number of carbonyl (C=O) groups is 1. The number of nitrogens with zero attached hydrogens (tertiary/aromatic N) is 2. The molecule has 0 aromatic heterocycles. The fourth-order valence-corrected chi connectivity index (χ4v) is 4.03. The van der Waals surface area contributed by atoms with E-state index in [-0.39, 0.29) is 11.7 Å². The van der Waals surface area contributed by atoms with Crippen molar-refractivity contribution in [2.45, 2.75) is 18.7 Å². The minimum absolute atomic E-state index is 0.130. The summed E-state index contributed by atoms with van der Waals surface area (Å²) in [6.45, 7) is 9.46. The van der Waals surface area contributed by atoms with Gasteiger partial charge in [0.1, 0.15) is 0 Å². The van der Waals surface area contributed by atoms with E-state index >= 15 is 0 Å². The number of benzene rings is 2. The zero-order valence-electron chi connectivity index (χ0n) is 16.2. The first-order valence-corrected chi connectivity index (χ1v) is 10.4. The van der Waals surface area contributed by atoms with E-state index in [2.05, 4.69) is 28.1 Å². The van der Waals surface area contributed by atoms with Crippen molar-refractivity contribution < 1.29 is 13.6 Å². The number of amides is 1. The standard InChI is InChI=1S/C21H25F2N3OS/c1-3-25-8-10-26(11-9-25)20-7-4-16(12-15(20)2)24-21(27)14-28-17-5-6-18(22)19(23)13-17/h4-7,12-13H,3,8-11,14H2,1-2H3,(H,24,27). The zero-order valence-corrected chi connectivity index (χ0v) is 17.0. The molecule has 1 N–H and O–H groups in total. The first kappa shape index (κ1) is 20.6. The van der Waals surface area contributed by atoms with Crippen molar-refractivity contribution in [1.29, 1.82) is 0 Å². The lowest BCUT2D eigenvalue weighted by molar-refractivity contribution is -0.113. The summed E-state index contributed by atoms with van der Waals surface area (Å²) in [6.07, 6.45) is 0. The van der Waals surface area contributed by atoms with E-state index in [4.69, 9.17) is 0 Å². The Morgan fingerprint density at radius 3 is 2.46 bits per heavy atom. The quantitative estimate of drug-likeness (QED) is 0.733. The van der Waals surface area contributed by atoms with E-state index in [1.165, 1.54) is 23.5 Å². The average Bonchev–Trinajstić information content (AvgIpc) is 2.69. The average molecular weight is 406 g/mol. The van der Waals surface area contributed by atoms with Gasteiger partial charge in [0, 0.05) is 42.4 Å². The van der Waals surface area contributed by atoms with Crippen molar-refractivity contribution in [1.82, 2.24) is 4.90 Å². The number of piperazine rings is 1. The van der Waals surface area contributed by atoms with Gasteiger partial charge in [-0.1, -0.05) is 6.92 Å². The van der Waals surface area contributed by atoms with Crippen LogP contribution in [0.4, 0.5) is 20.2 Å². The summed E-state index contributed by atoms with van der Waals surface area (Å²) in [4.78, 5) is 17.5. The van der Waals surface area contributed by atoms with E-state index < -0.39 is 11.6 Å². The Balaban J connectivity index is 1.55. The minimum Gasteiger partial charge on any atom is -0.369 e. The van der Waals surface area contributed by atoms with Crippen LogP contribution in [-0.4, -0.2) is 49.3 Å². The SMILES string of the molecule is CCN1CCN(c2ccc(NC(=O)CSc3ccc(F)c(F)c3)cc2C)CC1. The number of nitrogens with one attached hydrogen (secondary N) is 1. The third-order valence-corrected chi connectivity index (χ3v) is 5.90. The predicted molar refractivity (Wildman–Crippen MR) is 111 cm³/mol. The number of likely N-dealkylation sites (N-methyl/N-ethyl adjacent to an activating group) is 1. The molecule has 2 aromatic rings. The number of aryl methyl sites for hydroxylation is 1. The van der Waals surface area contributed by atoms with Crippen LogP contribution in [0.3, 0.4) is 0 Å². The van der Waals surface area contributed by atoms with Crippen LogP contribution >= 0.6 is 11.8 Å². The van der Waals surface area contributed by atoms with Gasteiger partial charge in [-0.2, -0.15) is 0 Å². The Morgan fingerprint density at radius 1 is 1.07 bits per heavy atom. The van der Waals surface area contributed by atoms with Crippen molar-refractivity contribution in [2.75, 3.05) is 48.7 Å². The van der Waals surface area contributed by atoms with Gasteiger partial charge in [-0.3, -0.25) is 4.79 Å². The molecule has 150 valence electrons. The number of thioether (sulfide) groups is 1. The van der Waals surface area contributed by atoms with Gasteiger partial charge in [-0.05, 0) is 55.4 Å². The summed E-state index contributed by atoms with van der Waals surface area (Å²) in [5.74, 6) is -1.85. The molecule has 4 nitrogen and oxygen atoms in total. The third kappa shape index (κ3) is 5.23. The molecule has 1 aliphatic heterocycles. The first-order valence-electron chi connectivity index (χ1n) is 9.42. The Bertz CT molecular complexity index is 838. The molecule has 2 aromatic carbocycles. The highest BCUT2D eigenvalue weighted by Crippen LogP contribution is 2.25. The Morgan fingerprint density at radius 2 is 1.82 bits per heavy atom. The van der Waals surface area contributed by atoms with Gasteiger partial charge in [0.15, 0.2) is 11.6 Å². The molecule has 0 atom stereocenters. The molecule has 0 radical (unpaired) electrons. The molecule has 1 saturated heterocycles. The topological polar surface area (TPSA) is 35.6 Å². The summed E-state index contributed by atoms with van der Waals surface area (Å²) in [6, 6.07) is 9.57. The van der Waals surface area contributed by atoms with Crippen molar-refractivity contribution >= 4 is 29.0 Å². The number of hydrogen-bond acceptors (Lipinski definition) is 4. The van der Waals surface area contributed by atoms with Crippen molar-refractivity contribution in [3.63, 3.8) is 0 Å². The highest BCUT2D eigenvalue weighted by molar-refractivity contribution is 8.00. The van der Waals surface area contributed by atoms with Crippen LogP contribution in [0.25, 0.3) is 0 Å². The molecule has 0 bridgehead atoms. The van der Waals surface area contributed by atoms with Crippen LogP contribution in [-0.2, 0) is 4.79 Å². The van der Waals surface area contributed by atoms with E-state index in [0.29, 0.717) is 4.90 Å². The minimum atomic E-state index is -0.906. The van der Waals surface area contributed by atoms with E-state index in [0.717, 1.165) is 56.1 Å². The summed E-state index contributed by atoms with van der Waals surface area (Å²) >= 11 is 1.17. The summed E-state index contributed by atoms with van der Waals surface area (Å²) in [5.41, 5.74) is 3.06. The number of rotatable bonds is 6. The van der Waals surface area contributed by atoms with Crippen LogP contribution in [0.15, 0.2) is 41.3 Å². The van der Waals surface area contributed by atoms with Crippen molar-refractivity contribution in [3.8, 4) is 0 Å². The number of halogens is 2. The van der Waals surface area contributed by atoms with Crippen LogP contribution in [0.2, 0.25) is 0 Å². The Hall–Kier alpha value is -2.12. The van der Waals surface area contributed by atoms with Gasteiger partial charge in [-0.25, -0.2) is 8.78 Å². The van der Waals surface area contributed by atoms with Crippen LogP contribution in [0, 0.1) is 18.6 Å². The molecular weight excluding hydrogens is 380 g/mol. The summed E-state index contributed by atoms with van der Waals surface area (Å²) < 4.78 is 26.2. The molecule has 1 aliphatic rings. The van der Waals surface area contributed by atoms with E-state index in [1.54, 1.807) is 0 Å². The van der Waals surface area contributed by atoms with Crippen molar-refractivity contribution in [2.24, 2.45) is 0 Å². The van der Waals surface area contributed by atoms with Gasteiger partial charge < -0.3 is 15.1 Å². The fraction of sp³-hybridized carbons (Fsp3) is 0.381. The molecule has 1 heterocycles. The predicted octanol–water partition coefficient (Wildman–Crippen LogP) is 4.15. The van der Waals surface area contributed by atoms with Gasteiger partial charge in [-0.15, -0.1) is 11.8 Å². The first-order chi connectivity index (χ1) is 13.5. The Labute approximate surface area is 168 Å². The van der Waals surface area contributed by atoms with Crippen LogP contribution in [0.5, 0.6) is 0 Å². The monoisotopic (exact) mass is 405 g/mol. The van der Waals surface area contributed by atoms with Gasteiger partial charge in [0.2, 0.25) is 5.91 Å². The number of carbonyl (C=O) groups excluding carboxylic acids is 1. The van der Waals surface area contributed by atoms with Crippen LogP contribution < -0.4 is 10.2 Å². The lowest BCUT2D eigenvalue weighted by Gasteiger charge is -2.36. The van der Waals surface area contributed by atoms with Crippen LogP contribution in [0.1, 0.15) is 12.5 Å². The van der Waals surface area contributed by atoms with E-state index in [9.17, 15) is 13.6 Å². The zero-order chi connectivity index (χ0) is 20.1. The molecule has 1 fully saturated rings. The Kier molecular flexibility index (Phi) is 6.91. The molecule has 0 saturated carbocycles. The van der Waals surface area contributed by atoms with Gasteiger partial charge >= 0.3 is 0 Å². The second-order valence-electron chi connectivity index (χ2n) is 6.84. The second kappa shape index (κ2) is 9.39. The molecule has 1 amide bonds. The lowest BCUT2D eigenvalue weighted by atomic mass is 10.1. The maximum absolute atomic E-state index is 13.2. The largest absolute Gasteiger partial charge is 0.369 e. The lowest BCUT2D eigenvalue weighted by Crippen LogP contribution is -2.46.